The monoisotopic (exact) mass is 227 g/mol. The summed E-state index contributed by atoms with van der Waals surface area (Å²) in [7, 11) is 0. The molecular formula is C12H21NO3. The minimum absolute atomic E-state index is 0.228. The summed E-state index contributed by atoms with van der Waals surface area (Å²) in [5, 5.41) is 12.6. The third kappa shape index (κ3) is 6.09. The first-order valence-corrected chi connectivity index (χ1v) is 5.80. The highest BCUT2D eigenvalue weighted by Crippen LogP contribution is 2.11. The number of ether oxygens (including phenoxy) is 2. The largest absolute Gasteiger partial charge is 0.389 e. The van der Waals surface area contributed by atoms with Gasteiger partial charge in [0.2, 0.25) is 0 Å². The van der Waals surface area contributed by atoms with Crippen molar-refractivity contribution in [2.75, 3.05) is 32.9 Å². The van der Waals surface area contributed by atoms with Crippen LogP contribution in [-0.2, 0) is 9.47 Å². The fourth-order valence-corrected chi connectivity index (χ4v) is 1.56. The molecule has 1 saturated heterocycles. The van der Waals surface area contributed by atoms with Crippen LogP contribution in [0.2, 0.25) is 0 Å². The summed E-state index contributed by atoms with van der Waals surface area (Å²) in [4.78, 5) is 0. The Labute approximate surface area is 97.3 Å². The van der Waals surface area contributed by atoms with Gasteiger partial charge in [-0.15, -0.1) is 5.92 Å². The van der Waals surface area contributed by atoms with Gasteiger partial charge < -0.3 is 19.9 Å². The molecule has 1 aliphatic heterocycles. The molecule has 0 saturated carbocycles. The van der Waals surface area contributed by atoms with Crippen molar-refractivity contribution in [2.24, 2.45) is 0 Å². The minimum atomic E-state index is -0.472. The Hall–Kier alpha value is -0.600. The quantitative estimate of drug-likeness (QED) is 0.480. The van der Waals surface area contributed by atoms with Crippen LogP contribution in [0, 0.1) is 11.8 Å². The van der Waals surface area contributed by atoms with E-state index in [1.807, 2.05) is 0 Å². The number of nitrogens with one attached hydrogen (secondary N) is 1. The zero-order chi connectivity index (χ0) is 11.6. The lowest BCUT2D eigenvalue weighted by atomic mass is 10.2. The Balaban J connectivity index is 1.92. The highest BCUT2D eigenvalue weighted by atomic mass is 16.5. The van der Waals surface area contributed by atoms with Crippen molar-refractivity contribution in [1.29, 1.82) is 0 Å². The van der Waals surface area contributed by atoms with Gasteiger partial charge in [-0.05, 0) is 19.8 Å². The summed E-state index contributed by atoms with van der Waals surface area (Å²) in [5.41, 5.74) is 0. The molecule has 1 rings (SSSR count). The van der Waals surface area contributed by atoms with E-state index in [0.29, 0.717) is 26.3 Å². The van der Waals surface area contributed by atoms with Crippen LogP contribution in [0.4, 0.5) is 0 Å². The van der Waals surface area contributed by atoms with E-state index in [9.17, 15) is 5.11 Å². The molecule has 0 radical (unpaired) electrons. The summed E-state index contributed by atoms with van der Waals surface area (Å²) in [6.45, 7) is 4.70. The number of hydrogen-bond acceptors (Lipinski definition) is 4. The molecule has 0 amide bonds. The lowest BCUT2D eigenvalue weighted by Gasteiger charge is -2.13. The highest BCUT2D eigenvalue weighted by molar-refractivity contribution is 4.96. The van der Waals surface area contributed by atoms with Crippen LogP contribution in [0.1, 0.15) is 19.8 Å². The standard InChI is InChI=1S/C12H21NO3/c1-2-3-6-13-8-11(14)9-15-10-12-5-4-7-16-12/h11-14H,4-10H2,1H3. The van der Waals surface area contributed by atoms with E-state index in [1.54, 1.807) is 6.92 Å². The van der Waals surface area contributed by atoms with Crippen molar-refractivity contribution in [3.63, 3.8) is 0 Å². The van der Waals surface area contributed by atoms with Gasteiger partial charge in [0.05, 0.1) is 32.0 Å². The number of aliphatic hydroxyl groups is 1. The topological polar surface area (TPSA) is 50.7 Å². The number of aliphatic hydroxyl groups excluding tert-OH is 1. The van der Waals surface area contributed by atoms with Crippen molar-refractivity contribution < 1.29 is 14.6 Å². The second kappa shape index (κ2) is 8.54. The van der Waals surface area contributed by atoms with Crippen LogP contribution in [0.25, 0.3) is 0 Å². The van der Waals surface area contributed by atoms with E-state index >= 15 is 0 Å². The molecule has 0 spiro atoms. The highest BCUT2D eigenvalue weighted by Gasteiger charge is 2.15. The van der Waals surface area contributed by atoms with E-state index in [-0.39, 0.29) is 6.10 Å². The fourth-order valence-electron chi connectivity index (χ4n) is 1.56. The Morgan fingerprint density at radius 3 is 3.19 bits per heavy atom. The molecular weight excluding hydrogens is 206 g/mol. The first-order valence-electron chi connectivity index (χ1n) is 5.80. The van der Waals surface area contributed by atoms with Crippen LogP contribution in [0.5, 0.6) is 0 Å². The minimum Gasteiger partial charge on any atom is -0.389 e. The molecule has 1 heterocycles. The van der Waals surface area contributed by atoms with Gasteiger partial charge >= 0.3 is 0 Å². The van der Waals surface area contributed by atoms with Crippen molar-refractivity contribution in [1.82, 2.24) is 5.32 Å². The van der Waals surface area contributed by atoms with Crippen LogP contribution < -0.4 is 5.32 Å². The van der Waals surface area contributed by atoms with Crippen LogP contribution in [0.3, 0.4) is 0 Å². The summed E-state index contributed by atoms with van der Waals surface area (Å²) in [6, 6.07) is 0. The summed E-state index contributed by atoms with van der Waals surface area (Å²) >= 11 is 0. The molecule has 0 aromatic rings. The zero-order valence-corrected chi connectivity index (χ0v) is 9.87. The van der Waals surface area contributed by atoms with Crippen LogP contribution in [0.15, 0.2) is 0 Å². The molecule has 0 aliphatic carbocycles. The SMILES string of the molecule is CC#CCNCC(O)COCC1CCCO1. The van der Waals surface area contributed by atoms with Gasteiger partial charge in [0.1, 0.15) is 0 Å². The predicted molar refractivity (Wildman–Crippen MR) is 62.1 cm³/mol. The van der Waals surface area contributed by atoms with E-state index < -0.39 is 6.10 Å². The van der Waals surface area contributed by atoms with E-state index in [0.717, 1.165) is 19.4 Å². The van der Waals surface area contributed by atoms with E-state index in [4.69, 9.17) is 9.47 Å². The van der Waals surface area contributed by atoms with Gasteiger partial charge in [0, 0.05) is 13.2 Å². The van der Waals surface area contributed by atoms with Gasteiger partial charge in [-0.1, -0.05) is 5.92 Å². The maximum Gasteiger partial charge on any atom is 0.0898 e. The molecule has 92 valence electrons. The van der Waals surface area contributed by atoms with Gasteiger partial charge in [0.25, 0.3) is 0 Å². The average Bonchev–Trinajstić information content (AvgIpc) is 2.77. The molecule has 2 atom stereocenters. The van der Waals surface area contributed by atoms with Crippen LogP contribution >= 0.6 is 0 Å². The molecule has 2 unspecified atom stereocenters. The lowest BCUT2D eigenvalue weighted by Crippen LogP contribution is -2.31. The third-order valence-corrected chi connectivity index (χ3v) is 2.41. The van der Waals surface area contributed by atoms with Gasteiger partial charge in [-0.2, -0.15) is 0 Å². The Kier molecular flexibility index (Phi) is 7.19. The predicted octanol–water partition coefficient (Wildman–Crippen LogP) is 0.156. The number of rotatable bonds is 7. The molecule has 0 aromatic carbocycles. The summed E-state index contributed by atoms with van der Waals surface area (Å²) in [5.74, 6) is 5.65. The first kappa shape index (κ1) is 13.5. The third-order valence-electron chi connectivity index (χ3n) is 2.41. The fraction of sp³-hybridized carbons (Fsp3) is 0.833. The summed E-state index contributed by atoms with van der Waals surface area (Å²) in [6.07, 6.45) is 1.94. The molecule has 4 nitrogen and oxygen atoms in total. The maximum atomic E-state index is 9.55. The molecule has 4 heteroatoms. The molecule has 1 fully saturated rings. The molecule has 16 heavy (non-hydrogen) atoms. The van der Waals surface area contributed by atoms with Crippen molar-refractivity contribution >= 4 is 0 Å². The van der Waals surface area contributed by atoms with Crippen LogP contribution in [-0.4, -0.2) is 50.2 Å². The van der Waals surface area contributed by atoms with E-state index in [1.165, 1.54) is 0 Å². The van der Waals surface area contributed by atoms with Gasteiger partial charge in [0.15, 0.2) is 0 Å². The molecule has 2 N–H and O–H groups in total. The molecule has 0 aromatic heterocycles. The second-order valence-corrected chi connectivity index (χ2v) is 3.88. The number of hydrogen-bond donors (Lipinski definition) is 2. The Morgan fingerprint density at radius 2 is 2.50 bits per heavy atom. The Bertz CT molecular complexity index is 228. The van der Waals surface area contributed by atoms with Crippen molar-refractivity contribution in [2.45, 2.75) is 32.0 Å². The summed E-state index contributed by atoms with van der Waals surface area (Å²) < 4.78 is 10.8. The normalized spacial score (nSPS) is 21.5. The van der Waals surface area contributed by atoms with Gasteiger partial charge in [-0.25, -0.2) is 0 Å². The van der Waals surface area contributed by atoms with Gasteiger partial charge in [-0.3, -0.25) is 0 Å². The average molecular weight is 227 g/mol. The molecule has 0 bridgehead atoms. The van der Waals surface area contributed by atoms with Crippen molar-refractivity contribution in [3.8, 4) is 11.8 Å². The zero-order valence-electron chi connectivity index (χ0n) is 9.87. The second-order valence-electron chi connectivity index (χ2n) is 3.88. The molecule has 1 aliphatic rings. The first-order chi connectivity index (χ1) is 7.83. The Morgan fingerprint density at radius 1 is 1.62 bits per heavy atom. The smallest absolute Gasteiger partial charge is 0.0898 e. The maximum absolute atomic E-state index is 9.55. The van der Waals surface area contributed by atoms with E-state index in [2.05, 4.69) is 17.2 Å². The van der Waals surface area contributed by atoms with Crippen molar-refractivity contribution in [3.05, 3.63) is 0 Å². The lowest BCUT2D eigenvalue weighted by molar-refractivity contribution is -0.0162.